The molecule has 0 aliphatic rings. The van der Waals surface area contributed by atoms with Gasteiger partial charge in [0.1, 0.15) is 0 Å². The zero-order valence-electron chi connectivity index (χ0n) is 10.3. The van der Waals surface area contributed by atoms with Gasteiger partial charge < -0.3 is 10.6 Å². The summed E-state index contributed by atoms with van der Waals surface area (Å²) < 4.78 is 1.91. The first-order chi connectivity index (χ1) is 7.76. The minimum Gasteiger partial charge on any atom is -0.355 e. The molecule has 0 aliphatic heterocycles. The lowest BCUT2D eigenvalue weighted by Gasteiger charge is -2.10. The molecule has 1 aromatic rings. The third-order valence-electron chi connectivity index (χ3n) is 2.03. The Labute approximate surface area is 119 Å². The standard InChI is InChI=1S/C11H19N5.HI/c1-4-5-13-11(12-3)14-6-7-16-9-10(2)8-15-16;/h4,8-9H,1,5-7H2,2-3H3,(H2,12,13,14);1H. The van der Waals surface area contributed by atoms with Crippen molar-refractivity contribution in [3.63, 3.8) is 0 Å². The highest BCUT2D eigenvalue weighted by Crippen LogP contribution is 1.92. The first-order valence-corrected chi connectivity index (χ1v) is 5.30. The van der Waals surface area contributed by atoms with E-state index in [0.717, 1.165) is 19.0 Å². The number of hydrogen-bond donors (Lipinski definition) is 2. The zero-order chi connectivity index (χ0) is 11.8. The number of nitrogens with zero attached hydrogens (tertiary/aromatic N) is 3. The van der Waals surface area contributed by atoms with Crippen molar-refractivity contribution in [3.8, 4) is 0 Å². The van der Waals surface area contributed by atoms with E-state index in [1.54, 1.807) is 13.1 Å². The zero-order valence-corrected chi connectivity index (χ0v) is 12.6. The summed E-state index contributed by atoms with van der Waals surface area (Å²) in [6.07, 6.45) is 5.66. The van der Waals surface area contributed by atoms with E-state index >= 15 is 0 Å². The summed E-state index contributed by atoms with van der Waals surface area (Å²) in [7, 11) is 1.75. The van der Waals surface area contributed by atoms with Crippen LogP contribution in [0.4, 0.5) is 0 Å². The normalized spacial score (nSPS) is 10.6. The molecule has 5 nitrogen and oxygen atoms in total. The molecule has 2 N–H and O–H groups in total. The molecule has 0 saturated carbocycles. The lowest BCUT2D eigenvalue weighted by Crippen LogP contribution is -2.38. The van der Waals surface area contributed by atoms with Gasteiger partial charge in [0.05, 0.1) is 12.7 Å². The summed E-state index contributed by atoms with van der Waals surface area (Å²) in [5.41, 5.74) is 1.18. The SMILES string of the molecule is C=CCNC(=NC)NCCn1cc(C)cn1.I. The predicted molar refractivity (Wildman–Crippen MR) is 81.9 cm³/mol. The number of hydrogen-bond acceptors (Lipinski definition) is 2. The summed E-state index contributed by atoms with van der Waals surface area (Å²) in [6, 6.07) is 0. The lowest BCUT2D eigenvalue weighted by molar-refractivity contribution is 0.599. The summed E-state index contributed by atoms with van der Waals surface area (Å²) in [5.74, 6) is 0.781. The number of aryl methyl sites for hydroxylation is 1. The Hall–Kier alpha value is -1.05. The van der Waals surface area contributed by atoms with Crippen LogP contribution >= 0.6 is 24.0 Å². The van der Waals surface area contributed by atoms with Crippen LogP contribution in [0.25, 0.3) is 0 Å². The second-order valence-electron chi connectivity index (χ2n) is 3.45. The lowest BCUT2D eigenvalue weighted by atomic mass is 10.4. The molecule has 0 fully saturated rings. The smallest absolute Gasteiger partial charge is 0.191 e. The van der Waals surface area contributed by atoms with Crippen LogP contribution in [0.5, 0.6) is 0 Å². The first-order valence-electron chi connectivity index (χ1n) is 5.30. The molecule has 0 aliphatic carbocycles. The number of guanidine groups is 1. The van der Waals surface area contributed by atoms with Crippen LogP contribution in [0.2, 0.25) is 0 Å². The predicted octanol–water partition coefficient (Wildman–Crippen LogP) is 1.16. The monoisotopic (exact) mass is 349 g/mol. The molecule has 0 unspecified atom stereocenters. The maximum Gasteiger partial charge on any atom is 0.191 e. The Morgan fingerprint density at radius 3 is 2.88 bits per heavy atom. The van der Waals surface area contributed by atoms with Crippen LogP contribution in [0.1, 0.15) is 5.56 Å². The van der Waals surface area contributed by atoms with Crippen molar-refractivity contribution < 1.29 is 0 Å². The fourth-order valence-corrected chi connectivity index (χ4v) is 1.27. The van der Waals surface area contributed by atoms with Crippen LogP contribution in [0, 0.1) is 6.92 Å². The van der Waals surface area contributed by atoms with Crippen molar-refractivity contribution in [2.24, 2.45) is 4.99 Å². The minimum absolute atomic E-state index is 0. The van der Waals surface area contributed by atoms with Gasteiger partial charge in [-0.1, -0.05) is 6.08 Å². The Morgan fingerprint density at radius 1 is 1.59 bits per heavy atom. The summed E-state index contributed by atoms with van der Waals surface area (Å²) >= 11 is 0. The van der Waals surface area contributed by atoms with Crippen LogP contribution in [0.15, 0.2) is 30.0 Å². The van der Waals surface area contributed by atoms with E-state index in [1.165, 1.54) is 5.56 Å². The van der Waals surface area contributed by atoms with Crippen molar-refractivity contribution in [1.82, 2.24) is 20.4 Å². The maximum atomic E-state index is 4.20. The second kappa shape index (κ2) is 9.03. The third kappa shape index (κ3) is 6.30. The van der Waals surface area contributed by atoms with E-state index in [1.807, 2.05) is 24.0 Å². The first kappa shape index (κ1) is 16.0. The molecule has 0 aromatic carbocycles. The Kier molecular flexibility index (Phi) is 8.47. The molecular formula is C11H20IN5. The van der Waals surface area contributed by atoms with Gasteiger partial charge in [0.2, 0.25) is 0 Å². The number of nitrogens with one attached hydrogen (secondary N) is 2. The van der Waals surface area contributed by atoms with Gasteiger partial charge >= 0.3 is 0 Å². The molecule has 6 heteroatoms. The van der Waals surface area contributed by atoms with Crippen LogP contribution in [-0.4, -0.2) is 35.9 Å². The van der Waals surface area contributed by atoms with Crippen LogP contribution in [0.3, 0.4) is 0 Å². The molecule has 1 heterocycles. The Morgan fingerprint density at radius 2 is 2.35 bits per heavy atom. The Balaban J connectivity index is 0.00000256. The van der Waals surface area contributed by atoms with E-state index in [0.29, 0.717) is 6.54 Å². The highest BCUT2D eigenvalue weighted by molar-refractivity contribution is 14.0. The third-order valence-corrected chi connectivity index (χ3v) is 2.03. The fourth-order valence-electron chi connectivity index (χ4n) is 1.27. The molecule has 1 rings (SSSR count). The summed E-state index contributed by atoms with van der Waals surface area (Å²) in [4.78, 5) is 4.08. The molecule has 1 aromatic heterocycles. The van der Waals surface area contributed by atoms with Gasteiger partial charge in [-0.15, -0.1) is 30.6 Å². The number of rotatable bonds is 5. The van der Waals surface area contributed by atoms with Gasteiger partial charge in [0, 0.05) is 26.3 Å². The summed E-state index contributed by atoms with van der Waals surface area (Å²) in [5, 5.41) is 10.5. The van der Waals surface area contributed by atoms with Gasteiger partial charge in [0.25, 0.3) is 0 Å². The van der Waals surface area contributed by atoms with E-state index in [9.17, 15) is 0 Å². The molecule has 0 atom stereocenters. The number of aliphatic imine (C=N–C) groups is 1. The highest BCUT2D eigenvalue weighted by atomic mass is 127. The van der Waals surface area contributed by atoms with E-state index < -0.39 is 0 Å². The molecule has 0 spiro atoms. The topological polar surface area (TPSA) is 54.2 Å². The van der Waals surface area contributed by atoms with Gasteiger partial charge in [-0.3, -0.25) is 9.67 Å². The average Bonchev–Trinajstić information content (AvgIpc) is 2.69. The van der Waals surface area contributed by atoms with E-state index in [4.69, 9.17) is 0 Å². The molecular weight excluding hydrogens is 329 g/mol. The maximum absolute atomic E-state index is 4.20. The second-order valence-corrected chi connectivity index (χ2v) is 3.45. The van der Waals surface area contributed by atoms with Crippen molar-refractivity contribution in [1.29, 1.82) is 0 Å². The van der Waals surface area contributed by atoms with Crippen LogP contribution in [-0.2, 0) is 6.54 Å². The van der Waals surface area contributed by atoms with Crippen molar-refractivity contribution in [3.05, 3.63) is 30.6 Å². The quantitative estimate of drug-likeness (QED) is 0.363. The Bertz CT molecular complexity index is 358. The molecule has 0 saturated heterocycles. The van der Waals surface area contributed by atoms with E-state index in [-0.39, 0.29) is 24.0 Å². The average molecular weight is 349 g/mol. The van der Waals surface area contributed by atoms with Crippen LogP contribution < -0.4 is 10.6 Å². The molecule has 0 bridgehead atoms. The largest absolute Gasteiger partial charge is 0.355 e. The molecule has 17 heavy (non-hydrogen) atoms. The van der Waals surface area contributed by atoms with E-state index in [2.05, 4.69) is 27.3 Å². The fraction of sp³-hybridized carbons (Fsp3) is 0.455. The van der Waals surface area contributed by atoms with Gasteiger partial charge in [-0.2, -0.15) is 5.10 Å². The van der Waals surface area contributed by atoms with Crippen molar-refractivity contribution in [2.75, 3.05) is 20.1 Å². The highest BCUT2D eigenvalue weighted by Gasteiger charge is 1.96. The molecule has 0 amide bonds. The molecule has 0 radical (unpaired) electrons. The minimum atomic E-state index is 0. The van der Waals surface area contributed by atoms with Gasteiger partial charge in [-0.05, 0) is 12.5 Å². The molecule has 96 valence electrons. The number of halogens is 1. The van der Waals surface area contributed by atoms with Gasteiger partial charge in [-0.25, -0.2) is 0 Å². The summed E-state index contributed by atoms with van der Waals surface area (Å²) in [6.45, 7) is 7.99. The number of aromatic nitrogens is 2. The van der Waals surface area contributed by atoms with Crippen molar-refractivity contribution >= 4 is 29.9 Å². The van der Waals surface area contributed by atoms with Crippen molar-refractivity contribution in [2.45, 2.75) is 13.5 Å². The van der Waals surface area contributed by atoms with Gasteiger partial charge in [0.15, 0.2) is 5.96 Å².